The molecule has 2 unspecified atom stereocenters. The van der Waals surface area contributed by atoms with E-state index in [0.717, 1.165) is 0 Å². The zero-order valence-electron chi connectivity index (χ0n) is 17.5. The first-order valence-corrected chi connectivity index (χ1v) is 11.3. The predicted octanol–water partition coefficient (Wildman–Crippen LogP) is 3.79. The van der Waals surface area contributed by atoms with Gasteiger partial charge in [0.15, 0.2) is 11.6 Å². The van der Waals surface area contributed by atoms with Crippen LogP contribution in [0.3, 0.4) is 0 Å². The first-order chi connectivity index (χ1) is 14.7. The van der Waals surface area contributed by atoms with E-state index in [-0.39, 0.29) is 59.2 Å². The Morgan fingerprint density at radius 2 is 1.50 bits per heavy atom. The van der Waals surface area contributed by atoms with E-state index >= 15 is 0 Å². The van der Waals surface area contributed by atoms with Crippen LogP contribution in [0.1, 0.15) is 40.5 Å². The summed E-state index contributed by atoms with van der Waals surface area (Å²) in [7, 11) is 0. The topological polar surface area (TPSA) is 92.3 Å². The maximum atomic E-state index is 12.8. The van der Waals surface area contributed by atoms with Gasteiger partial charge >= 0.3 is 0 Å². The van der Waals surface area contributed by atoms with Crippen LogP contribution in [-0.2, 0) is 9.59 Å². The quantitative estimate of drug-likeness (QED) is 0.212. The number of ketones is 2. The average Bonchev–Trinajstić information content (AvgIpc) is 2.80. The minimum Gasteiger partial charge on any atom is -0.347 e. The summed E-state index contributed by atoms with van der Waals surface area (Å²) in [5.41, 5.74) is 1.01. The van der Waals surface area contributed by atoms with E-state index < -0.39 is 16.7 Å². The van der Waals surface area contributed by atoms with Crippen LogP contribution in [0.5, 0.6) is 0 Å². The molecule has 0 aromatic heterocycles. The second-order valence-corrected chi connectivity index (χ2v) is 8.82. The molecule has 32 heavy (non-hydrogen) atoms. The van der Waals surface area contributed by atoms with E-state index in [1.807, 2.05) is 6.07 Å². The molecule has 2 atom stereocenters. The standard InChI is InChI=1S/C23H25BrN2O4S.BrH/c1-23(31,21(29)17-10-6-3-7-11-17)13-12-18(26-20(28)14-24)22(30)25-15-19(27)16-8-4-2-5-9-16;/h2-11,18,31H,12-15H2,1H3,(H,25,30)(H,26,28);1H. The van der Waals surface area contributed by atoms with Gasteiger partial charge in [-0.15, -0.1) is 17.0 Å². The Labute approximate surface area is 212 Å². The van der Waals surface area contributed by atoms with Crippen molar-refractivity contribution >= 4 is 68.9 Å². The van der Waals surface area contributed by atoms with Crippen LogP contribution in [0.15, 0.2) is 60.7 Å². The fraction of sp³-hybridized carbons (Fsp3) is 0.304. The van der Waals surface area contributed by atoms with Crippen molar-refractivity contribution in [3.63, 3.8) is 0 Å². The van der Waals surface area contributed by atoms with E-state index in [0.29, 0.717) is 11.1 Å². The van der Waals surface area contributed by atoms with E-state index in [9.17, 15) is 19.2 Å². The van der Waals surface area contributed by atoms with Crippen molar-refractivity contribution in [2.45, 2.75) is 30.6 Å². The number of benzene rings is 2. The molecule has 2 N–H and O–H groups in total. The van der Waals surface area contributed by atoms with Gasteiger partial charge in [0.2, 0.25) is 11.8 Å². The van der Waals surface area contributed by atoms with Crippen molar-refractivity contribution in [1.82, 2.24) is 10.6 Å². The average molecular weight is 586 g/mol. The zero-order chi connectivity index (χ0) is 22.9. The van der Waals surface area contributed by atoms with E-state index in [1.54, 1.807) is 61.5 Å². The SMILES string of the molecule is Br.CC(S)(CCC(NC(=O)CBr)C(=O)NCC(=O)c1ccccc1)C(=O)c1ccccc1. The third-order valence-corrected chi connectivity index (χ3v) is 5.67. The summed E-state index contributed by atoms with van der Waals surface area (Å²) in [6, 6.07) is 16.5. The summed E-state index contributed by atoms with van der Waals surface area (Å²) in [6.45, 7) is 1.50. The number of carbonyl (C=O) groups excluding carboxylic acids is 4. The molecule has 0 aliphatic carbocycles. The molecule has 9 heteroatoms. The fourth-order valence-electron chi connectivity index (χ4n) is 2.96. The summed E-state index contributed by atoms with van der Waals surface area (Å²) in [5.74, 6) is -1.26. The molecule has 2 aromatic rings. The summed E-state index contributed by atoms with van der Waals surface area (Å²) in [5, 5.41) is 5.23. The number of nitrogens with one attached hydrogen (secondary N) is 2. The van der Waals surface area contributed by atoms with Crippen LogP contribution >= 0.6 is 45.5 Å². The number of hydrogen-bond acceptors (Lipinski definition) is 5. The second kappa shape index (κ2) is 13.5. The Morgan fingerprint density at radius 3 is 2.03 bits per heavy atom. The van der Waals surface area contributed by atoms with Gasteiger partial charge in [-0.3, -0.25) is 19.2 Å². The molecule has 0 aliphatic heterocycles. The highest BCUT2D eigenvalue weighted by Gasteiger charge is 2.32. The van der Waals surface area contributed by atoms with E-state index in [1.165, 1.54) is 0 Å². The minimum absolute atomic E-state index is 0. The number of alkyl halides is 1. The van der Waals surface area contributed by atoms with Crippen LogP contribution in [0, 0.1) is 0 Å². The van der Waals surface area contributed by atoms with Crippen LogP contribution in [-0.4, -0.2) is 46.0 Å². The summed E-state index contributed by atoms with van der Waals surface area (Å²) < 4.78 is -1.03. The lowest BCUT2D eigenvalue weighted by Crippen LogP contribution is -2.49. The monoisotopic (exact) mass is 584 g/mol. The van der Waals surface area contributed by atoms with Crippen molar-refractivity contribution in [3.05, 3.63) is 71.8 Å². The van der Waals surface area contributed by atoms with Crippen LogP contribution < -0.4 is 10.6 Å². The molecule has 0 fully saturated rings. The molecule has 6 nitrogen and oxygen atoms in total. The molecule has 0 radical (unpaired) electrons. The number of thiol groups is 1. The first-order valence-electron chi connectivity index (χ1n) is 9.78. The number of halogens is 2. The lowest BCUT2D eigenvalue weighted by Gasteiger charge is -2.25. The molecule has 2 aromatic carbocycles. The molecule has 2 rings (SSSR count). The molecule has 0 saturated carbocycles. The Bertz CT molecular complexity index is 924. The fourth-order valence-corrected chi connectivity index (χ4v) is 3.38. The van der Waals surface area contributed by atoms with Crippen molar-refractivity contribution in [3.8, 4) is 0 Å². The zero-order valence-corrected chi connectivity index (χ0v) is 21.7. The van der Waals surface area contributed by atoms with Gasteiger partial charge in [0.25, 0.3) is 0 Å². The van der Waals surface area contributed by atoms with Gasteiger partial charge in [-0.25, -0.2) is 0 Å². The van der Waals surface area contributed by atoms with Gasteiger partial charge in [0.05, 0.1) is 16.6 Å². The molecule has 0 saturated heterocycles. The summed E-state index contributed by atoms with van der Waals surface area (Å²) >= 11 is 7.59. The number of carbonyl (C=O) groups is 4. The second-order valence-electron chi connectivity index (χ2n) is 7.27. The lowest BCUT2D eigenvalue weighted by molar-refractivity contribution is -0.127. The first kappa shape index (κ1) is 28.1. The third-order valence-electron chi connectivity index (χ3n) is 4.74. The molecule has 172 valence electrons. The maximum Gasteiger partial charge on any atom is 0.242 e. The van der Waals surface area contributed by atoms with Crippen LogP contribution in [0.25, 0.3) is 0 Å². The maximum absolute atomic E-state index is 12.8. The van der Waals surface area contributed by atoms with Gasteiger partial charge < -0.3 is 10.6 Å². The Balaban J connectivity index is 0.00000512. The van der Waals surface area contributed by atoms with Crippen molar-refractivity contribution in [1.29, 1.82) is 0 Å². The van der Waals surface area contributed by atoms with Gasteiger partial charge in [0, 0.05) is 11.1 Å². The normalized spacial score (nSPS) is 13.1. The third kappa shape index (κ3) is 8.52. The highest BCUT2D eigenvalue weighted by Crippen LogP contribution is 2.26. The van der Waals surface area contributed by atoms with Crippen LogP contribution in [0.2, 0.25) is 0 Å². The van der Waals surface area contributed by atoms with Crippen molar-refractivity contribution in [2.75, 3.05) is 11.9 Å². The molecular formula is C23H26Br2N2O4S. The summed E-state index contributed by atoms with van der Waals surface area (Å²) in [6.07, 6.45) is 0.430. The molecule has 0 spiro atoms. The molecular weight excluding hydrogens is 560 g/mol. The Morgan fingerprint density at radius 1 is 0.969 bits per heavy atom. The number of Topliss-reactive ketones (excluding diaryl/α,β-unsaturated/α-hetero) is 2. The van der Waals surface area contributed by atoms with Gasteiger partial charge in [0.1, 0.15) is 6.04 Å². The summed E-state index contributed by atoms with van der Waals surface area (Å²) in [4.78, 5) is 49.6. The highest BCUT2D eigenvalue weighted by molar-refractivity contribution is 9.09. The predicted molar refractivity (Wildman–Crippen MR) is 137 cm³/mol. The molecule has 0 heterocycles. The van der Waals surface area contributed by atoms with Crippen LogP contribution in [0.4, 0.5) is 0 Å². The van der Waals surface area contributed by atoms with E-state index in [2.05, 4.69) is 39.2 Å². The highest BCUT2D eigenvalue weighted by atomic mass is 79.9. The molecule has 0 bridgehead atoms. The minimum atomic E-state index is -1.03. The van der Waals surface area contributed by atoms with Gasteiger partial charge in [-0.05, 0) is 19.8 Å². The smallest absolute Gasteiger partial charge is 0.242 e. The number of hydrogen-bond donors (Lipinski definition) is 3. The van der Waals surface area contributed by atoms with Gasteiger partial charge in [-0.1, -0.05) is 76.6 Å². The number of rotatable bonds is 11. The Kier molecular flexibility index (Phi) is 11.9. The molecule has 2 amide bonds. The van der Waals surface area contributed by atoms with E-state index in [4.69, 9.17) is 0 Å². The number of amides is 2. The Hall–Kier alpha value is -1.97. The lowest BCUT2D eigenvalue weighted by atomic mass is 9.92. The largest absolute Gasteiger partial charge is 0.347 e. The van der Waals surface area contributed by atoms with Crippen molar-refractivity contribution in [2.24, 2.45) is 0 Å². The van der Waals surface area contributed by atoms with Gasteiger partial charge in [-0.2, -0.15) is 12.6 Å². The molecule has 0 aliphatic rings. The van der Waals surface area contributed by atoms with Crippen molar-refractivity contribution < 1.29 is 19.2 Å².